The molecule has 2 aliphatic rings. The second kappa shape index (κ2) is 8.63. The summed E-state index contributed by atoms with van der Waals surface area (Å²) < 4.78 is 14.2. The monoisotopic (exact) mass is 417 g/mol. The van der Waals surface area contributed by atoms with Crippen LogP contribution in [-0.2, 0) is 0 Å². The highest BCUT2D eigenvalue weighted by atomic mass is 19.1. The van der Waals surface area contributed by atoms with Gasteiger partial charge < -0.3 is 14.7 Å². The van der Waals surface area contributed by atoms with Crippen molar-refractivity contribution in [1.29, 1.82) is 0 Å². The molecule has 160 valence electrons. The van der Waals surface area contributed by atoms with E-state index in [1.807, 2.05) is 42.6 Å². The minimum atomic E-state index is -0.228. The van der Waals surface area contributed by atoms with Gasteiger partial charge in [-0.2, -0.15) is 0 Å². The van der Waals surface area contributed by atoms with E-state index in [0.29, 0.717) is 6.04 Å². The lowest BCUT2D eigenvalue weighted by molar-refractivity contribution is 0.218. The van der Waals surface area contributed by atoms with Crippen LogP contribution in [0.2, 0.25) is 0 Å². The van der Waals surface area contributed by atoms with Crippen molar-refractivity contribution < 1.29 is 4.39 Å². The maximum absolute atomic E-state index is 14.2. The number of hydrogen-bond acceptors (Lipinski definition) is 5. The molecule has 31 heavy (non-hydrogen) atoms. The molecule has 0 saturated carbocycles. The zero-order chi connectivity index (χ0) is 21.2. The van der Waals surface area contributed by atoms with Gasteiger partial charge in [0.2, 0.25) is 0 Å². The van der Waals surface area contributed by atoms with Gasteiger partial charge in [0.1, 0.15) is 17.8 Å². The van der Waals surface area contributed by atoms with E-state index in [1.54, 1.807) is 12.4 Å². The van der Waals surface area contributed by atoms with E-state index in [4.69, 9.17) is 4.98 Å². The average Bonchev–Trinajstić information content (AvgIpc) is 2.84. The van der Waals surface area contributed by atoms with Crippen LogP contribution in [0.15, 0.2) is 61.1 Å². The van der Waals surface area contributed by atoms with Crippen LogP contribution in [0, 0.1) is 5.82 Å². The first-order valence-electron chi connectivity index (χ1n) is 11.2. The summed E-state index contributed by atoms with van der Waals surface area (Å²) in [5.41, 5.74) is 3.88. The Bertz CT molecular complexity index is 1030. The van der Waals surface area contributed by atoms with Crippen molar-refractivity contribution in [2.24, 2.45) is 0 Å². The van der Waals surface area contributed by atoms with Gasteiger partial charge in [0, 0.05) is 43.5 Å². The number of aromatic nitrogens is 2. The summed E-state index contributed by atoms with van der Waals surface area (Å²) in [6, 6.07) is 15.6. The zero-order valence-corrected chi connectivity index (χ0v) is 17.9. The summed E-state index contributed by atoms with van der Waals surface area (Å²) in [5, 5.41) is 0. The third-order valence-electron chi connectivity index (χ3n) is 6.58. The van der Waals surface area contributed by atoms with E-state index in [0.717, 1.165) is 73.9 Å². The van der Waals surface area contributed by atoms with Crippen molar-refractivity contribution in [2.75, 3.05) is 42.5 Å². The van der Waals surface area contributed by atoms with Gasteiger partial charge in [0.05, 0.1) is 6.20 Å². The second-order valence-corrected chi connectivity index (χ2v) is 8.27. The molecule has 5 rings (SSSR count). The molecule has 0 spiro atoms. The number of piperidine rings is 1. The molecule has 5 nitrogen and oxygen atoms in total. The number of nitrogens with zero attached hydrogens (tertiary/aromatic N) is 5. The van der Waals surface area contributed by atoms with Gasteiger partial charge in [-0.25, -0.2) is 14.4 Å². The van der Waals surface area contributed by atoms with Gasteiger partial charge in [-0.15, -0.1) is 0 Å². The van der Waals surface area contributed by atoms with Crippen LogP contribution < -0.4 is 9.80 Å². The Balaban J connectivity index is 1.51. The Labute approximate surface area is 183 Å². The fourth-order valence-electron chi connectivity index (χ4n) is 4.91. The predicted molar refractivity (Wildman–Crippen MR) is 123 cm³/mol. The van der Waals surface area contributed by atoms with E-state index < -0.39 is 0 Å². The third-order valence-corrected chi connectivity index (χ3v) is 6.58. The molecule has 0 unspecified atom stereocenters. The summed E-state index contributed by atoms with van der Waals surface area (Å²) in [4.78, 5) is 16.3. The molecule has 0 bridgehead atoms. The van der Waals surface area contributed by atoms with Crippen LogP contribution in [-0.4, -0.2) is 53.6 Å². The van der Waals surface area contributed by atoms with E-state index in [2.05, 4.69) is 26.6 Å². The first-order valence-corrected chi connectivity index (χ1v) is 11.2. The van der Waals surface area contributed by atoms with Crippen LogP contribution in [0.3, 0.4) is 0 Å². The maximum atomic E-state index is 14.2. The van der Waals surface area contributed by atoms with Gasteiger partial charge in [0.15, 0.2) is 5.82 Å². The molecule has 3 aromatic rings. The molecule has 0 aliphatic carbocycles. The Morgan fingerprint density at radius 3 is 2.55 bits per heavy atom. The normalized spacial score (nSPS) is 17.6. The van der Waals surface area contributed by atoms with Gasteiger partial charge in [-0.1, -0.05) is 37.3 Å². The first kappa shape index (κ1) is 19.9. The van der Waals surface area contributed by atoms with Crippen LogP contribution in [0.1, 0.15) is 19.8 Å². The summed E-state index contributed by atoms with van der Waals surface area (Å²) in [6.07, 6.45) is 5.85. The molecular formula is C25H28FN5. The number of fused-ring (bicyclic) bond motifs is 1. The molecule has 0 amide bonds. The standard InChI is InChI=1S/C25H28FN5/c1-2-29-12-10-21(11-13-29)30-14-15-31(24-17-27-18-28-25(24)30)23-9-8-20(26)16-22(23)19-6-4-3-5-7-19/h3-9,16-18,21H,2,10-15H2,1H3. The summed E-state index contributed by atoms with van der Waals surface area (Å²) in [7, 11) is 0. The predicted octanol–water partition coefficient (Wildman–Crippen LogP) is 4.73. The van der Waals surface area contributed by atoms with Crippen molar-refractivity contribution in [1.82, 2.24) is 14.9 Å². The molecule has 2 aromatic carbocycles. The third kappa shape index (κ3) is 3.88. The first-order chi connectivity index (χ1) is 15.2. The van der Waals surface area contributed by atoms with E-state index in [-0.39, 0.29) is 5.82 Å². The molecule has 1 saturated heterocycles. The molecular weight excluding hydrogens is 389 g/mol. The summed E-state index contributed by atoms with van der Waals surface area (Å²) in [6.45, 7) is 7.34. The minimum Gasteiger partial charge on any atom is -0.350 e. The smallest absolute Gasteiger partial charge is 0.156 e. The van der Waals surface area contributed by atoms with Crippen LogP contribution in [0.4, 0.5) is 21.6 Å². The highest BCUT2D eigenvalue weighted by molar-refractivity contribution is 5.86. The number of likely N-dealkylation sites (tertiary alicyclic amines) is 1. The molecule has 1 aromatic heterocycles. The molecule has 2 aliphatic heterocycles. The topological polar surface area (TPSA) is 35.5 Å². The van der Waals surface area contributed by atoms with Crippen LogP contribution >= 0.6 is 0 Å². The number of halogens is 1. The maximum Gasteiger partial charge on any atom is 0.156 e. The molecule has 3 heterocycles. The minimum absolute atomic E-state index is 0.228. The van der Waals surface area contributed by atoms with E-state index >= 15 is 0 Å². The number of anilines is 3. The van der Waals surface area contributed by atoms with Crippen molar-refractivity contribution >= 4 is 17.2 Å². The number of hydrogen-bond donors (Lipinski definition) is 0. The van der Waals surface area contributed by atoms with Crippen LogP contribution in [0.25, 0.3) is 11.1 Å². The Morgan fingerprint density at radius 2 is 1.77 bits per heavy atom. The second-order valence-electron chi connectivity index (χ2n) is 8.27. The number of rotatable bonds is 4. The van der Waals surface area contributed by atoms with Gasteiger partial charge in [-0.3, -0.25) is 0 Å². The van der Waals surface area contributed by atoms with E-state index in [9.17, 15) is 4.39 Å². The van der Waals surface area contributed by atoms with Crippen molar-refractivity contribution in [3.05, 3.63) is 66.9 Å². The molecule has 0 radical (unpaired) electrons. The summed E-state index contributed by atoms with van der Waals surface area (Å²) >= 11 is 0. The molecule has 1 fully saturated rings. The SMILES string of the molecule is CCN1CCC(N2CCN(c3ccc(F)cc3-c3ccccc3)c3cncnc32)CC1. The lowest BCUT2D eigenvalue weighted by Crippen LogP contribution is -2.50. The average molecular weight is 418 g/mol. The lowest BCUT2D eigenvalue weighted by atomic mass is 10.00. The van der Waals surface area contributed by atoms with Crippen molar-refractivity contribution in [3.63, 3.8) is 0 Å². The lowest BCUT2D eigenvalue weighted by Gasteiger charge is -2.44. The fraction of sp³-hybridized carbons (Fsp3) is 0.360. The molecule has 0 N–H and O–H groups in total. The van der Waals surface area contributed by atoms with Crippen molar-refractivity contribution in [2.45, 2.75) is 25.8 Å². The molecule has 6 heteroatoms. The Kier molecular flexibility index (Phi) is 5.55. The largest absolute Gasteiger partial charge is 0.350 e. The summed E-state index contributed by atoms with van der Waals surface area (Å²) in [5.74, 6) is 0.757. The van der Waals surface area contributed by atoms with Gasteiger partial charge in [0.25, 0.3) is 0 Å². The van der Waals surface area contributed by atoms with E-state index in [1.165, 1.54) is 6.07 Å². The zero-order valence-electron chi connectivity index (χ0n) is 17.9. The Hall–Kier alpha value is -2.99. The van der Waals surface area contributed by atoms with Gasteiger partial charge >= 0.3 is 0 Å². The Morgan fingerprint density at radius 1 is 0.968 bits per heavy atom. The highest BCUT2D eigenvalue weighted by Gasteiger charge is 2.32. The number of benzene rings is 2. The molecule has 0 atom stereocenters. The van der Waals surface area contributed by atoms with Crippen LogP contribution in [0.5, 0.6) is 0 Å². The van der Waals surface area contributed by atoms with Gasteiger partial charge in [-0.05, 0) is 43.1 Å². The van der Waals surface area contributed by atoms with Crippen molar-refractivity contribution in [3.8, 4) is 11.1 Å². The highest BCUT2D eigenvalue weighted by Crippen LogP contribution is 2.41. The fourth-order valence-corrected chi connectivity index (χ4v) is 4.91. The quantitative estimate of drug-likeness (QED) is 0.614.